The minimum Gasteiger partial charge on any atom is -0.388 e. The van der Waals surface area contributed by atoms with Crippen LogP contribution in [0.25, 0.3) is 0 Å². The molecule has 0 aliphatic carbocycles. The highest BCUT2D eigenvalue weighted by Crippen LogP contribution is 1.87. The van der Waals surface area contributed by atoms with Crippen LogP contribution in [0, 0.1) is 0 Å². The van der Waals surface area contributed by atoms with Crippen LogP contribution in [0.4, 0.5) is 0 Å². The molecule has 0 aromatic carbocycles. The molecule has 5 heteroatoms. The molecule has 1 heterocycles. The topological polar surface area (TPSA) is 79.9 Å². The quantitative estimate of drug-likeness (QED) is 0.463. The molecule has 1 aromatic heterocycles. The van der Waals surface area contributed by atoms with Crippen molar-refractivity contribution in [3.63, 3.8) is 0 Å². The van der Waals surface area contributed by atoms with Crippen molar-refractivity contribution in [3.05, 3.63) is 12.2 Å². The van der Waals surface area contributed by atoms with Crippen LogP contribution in [0.3, 0.4) is 0 Å². The van der Waals surface area contributed by atoms with Crippen LogP contribution in [-0.4, -0.2) is 27.6 Å². The summed E-state index contributed by atoms with van der Waals surface area (Å²) in [5.41, 5.74) is 5.34. The van der Waals surface area contributed by atoms with Gasteiger partial charge in [-0.1, -0.05) is 0 Å². The normalized spacial score (nSPS) is 11.9. The first-order valence-corrected chi connectivity index (χ1v) is 3.40. The van der Waals surface area contributed by atoms with E-state index < -0.39 is 0 Å². The van der Waals surface area contributed by atoms with E-state index in [1.54, 1.807) is 6.92 Å². The van der Waals surface area contributed by atoms with Crippen LogP contribution < -0.4 is 5.73 Å². The molecule has 0 spiro atoms. The van der Waals surface area contributed by atoms with Crippen LogP contribution in [0.5, 0.6) is 0 Å². The Kier molecular flexibility index (Phi) is 2.59. The third-order valence-corrected chi connectivity index (χ3v) is 1.17. The number of H-pyrrole nitrogens is 1. The average Bonchev–Trinajstić information content (AvgIpc) is 2.39. The molecule has 3 N–H and O–H groups in total. The zero-order chi connectivity index (χ0) is 8.10. The first-order valence-electron chi connectivity index (χ1n) is 3.40. The molecule has 0 amide bonds. The Bertz CT molecular complexity index is 221. The summed E-state index contributed by atoms with van der Waals surface area (Å²) in [6, 6.07) is 0. The SMILES string of the molecule is CC(N)=NCCc1ncn[nH]1. The van der Waals surface area contributed by atoms with Crippen molar-refractivity contribution in [3.8, 4) is 0 Å². The lowest BCUT2D eigenvalue weighted by Crippen LogP contribution is -2.07. The fourth-order valence-corrected chi connectivity index (χ4v) is 0.689. The van der Waals surface area contributed by atoms with Crippen molar-refractivity contribution in [2.45, 2.75) is 13.3 Å². The van der Waals surface area contributed by atoms with Gasteiger partial charge < -0.3 is 5.73 Å². The van der Waals surface area contributed by atoms with E-state index in [1.807, 2.05) is 0 Å². The summed E-state index contributed by atoms with van der Waals surface area (Å²) in [7, 11) is 0. The molecule has 0 fully saturated rings. The Labute approximate surface area is 64.7 Å². The number of rotatable bonds is 3. The van der Waals surface area contributed by atoms with Crippen molar-refractivity contribution < 1.29 is 0 Å². The smallest absolute Gasteiger partial charge is 0.137 e. The monoisotopic (exact) mass is 153 g/mol. The number of hydrogen-bond donors (Lipinski definition) is 2. The van der Waals surface area contributed by atoms with Crippen molar-refractivity contribution in [2.24, 2.45) is 10.7 Å². The summed E-state index contributed by atoms with van der Waals surface area (Å²) >= 11 is 0. The van der Waals surface area contributed by atoms with E-state index in [1.165, 1.54) is 6.33 Å². The molecule has 0 saturated carbocycles. The predicted octanol–water partition coefficient (Wildman–Crippen LogP) is -0.276. The first-order chi connectivity index (χ1) is 5.29. The van der Waals surface area contributed by atoms with E-state index in [2.05, 4.69) is 20.2 Å². The Morgan fingerprint density at radius 1 is 1.82 bits per heavy atom. The van der Waals surface area contributed by atoms with Gasteiger partial charge in [-0.25, -0.2) is 4.98 Å². The molecular weight excluding hydrogens is 142 g/mol. The maximum absolute atomic E-state index is 5.34. The van der Waals surface area contributed by atoms with E-state index in [-0.39, 0.29) is 0 Å². The minimum atomic E-state index is 0.601. The van der Waals surface area contributed by atoms with Gasteiger partial charge in [-0.3, -0.25) is 10.1 Å². The van der Waals surface area contributed by atoms with Gasteiger partial charge in [-0.15, -0.1) is 0 Å². The van der Waals surface area contributed by atoms with Crippen molar-refractivity contribution in [2.75, 3.05) is 6.54 Å². The largest absolute Gasteiger partial charge is 0.388 e. The summed E-state index contributed by atoms with van der Waals surface area (Å²) in [6.07, 6.45) is 2.24. The van der Waals surface area contributed by atoms with Gasteiger partial charge in [-0.05, 0) is 6.92 Å². The second-order valence-electron chi connectivity index (χ2n) is 2.21. The van der Waals surface area contributed by atoms with E-state index in [4.69, 9.17) is 5.73 Å². The Morgan fingerprint density at radius 2 is 2.64 bits per heavy atom. The number of hydrogen-bond acceptors (Lipinski definition) is 3. The molecule has 0 atom stereocenters. The third kappa shape index (κ3) is 2.79. The number of amidine groups is 1. The van der Waals surface area contributed by atoms with E-state index in [9.17, 15) is 0 Å². The zero-order valence-corrected chi connectivity index (χ0v) is 6.41. The lowest BCUT2D eigenvalue weighted by atomic mass is 10.4. The first kappa shape index (κ1) is 7.71. The van der Waals surface area contributed by atoms with Gasteiger partial charge in [-0.2, -0.15) is 5.10 Å². The standard InChI is InChI=1S/C6H11N5/c1-5(7)8-3-2-6-9-4-10-11-6/h4H,2-3H2,1H3,(H2,7,8)(H,9,10,11). The highest BCUT2D eigenvalue weighted by atomic mass is 15.2. The predicted molar refractivity (Wildman–Crippen MR) is 42.3 cm³/mol. The summed E-state index contributed by atoms with van der Waals surface area (Å²) in [6.45, 7) is 2.43. The maximum atomic E-state index is 5.34. The molecule has 1 rings (SSSR count). The molecule has 1 aromatic rings. The van der Waals surface area contributed by atoms with Gasteiger partial charge in [0.05, 0.1) is 5.84 Å². The molecule has 0 saturated heterocycles. The Hall–Kier alpha value is -1.39. The van der Waals surface area contributed by atoms with Gasteiger partial charge in [0.2, 0.25) is 0 Å². The highest BCUT2D eigenvalue weighted by Gasteiger charge is 1.92. The Morgan fingerprint density at radius 3 is 3.18 bits per heavy atom. The van der Waals surface area contributed by atoms with Gasteiger partial charge in [0, 0.05) is 13.0 Å². The van der Waals surface area contributed by atoms with Crippen LogP contribution in [0.2, 0.25) is 0 Å². The third-order valence-electron chi connectivity index (χ3n) is 1.17. The van der Waals surface area contributed by atoms with E-state index in [0.29, 0.717) is 12.4 Å². The van der Waals surface area contributed by atoms with Gasteiger partial charge >= 0.3 is 0 Å². The summed E-state index contributed by atoms with van der Waals surface area (Å²) in [4.78, 5) is 7.94. The average molecular weight is 153 g/mol. The van der Waals surface area contributed by atoms with Gasteiger partial charge in [0.25, 0.3) is 0 Å². The number of nitrogens with one attached hydrogen (secondary N) is 1. The maximum Gasteiger partial charge on any atom is 0.137 e. The highest BCUT2D eigenvalue weighted by molar-refractivity contribution is 5.77. The second-order valence-corrected chi connectivity index (χ2v) is 2.21. The van der Waals surface area contributed by atoms with E-state index in [0.717, 1.165) is 12.2 Å². The number of aromatic nitrogens is 3. The van der Waals surface area contributed by atoms with Gasteiger partial charge in [0.15, 0.2) is 0 Å². The number of aromatic amines is 1. The van der Waals surface area contributed by atoms with Crippen molar-refractivity contribution >= 4 is 5.84 Å². The lowest BCUT2D eigenvalue weighted by Gasteiger charge is -1.91. The minimum absolute atomic E-state index is 0.601. The molecule has 0 aliphatic heterocycles. The van der Waals surface area contributed by atoms with E-state index >= 15 is 0 Å². The Balaban J connectivity index is 2.30. The lowest BCUT2D eigenvalue weighted by molar-refractivity contribution is 0.873. The summed E-state index contributed by atoms with van der Waals surface area (Å²) < 4.78 is 0. The second kappa shape index (κ2) is 3.70. The zero-order valence-electron chi connectivity index (χ0n) is 6.41. The van der Waals surface area contributed by atoms with Crippen molar-refractivity contribution in [1.82, 2.24) is 15.2 Å². The fraction of sp³-hybridized carbons (Fsp3) is 0.500. The van der Waals surface area contributed by atoms with Crippen LogP contribution in [0.15, 0.2) is 11.3 Å². The molecule has 0 radical (unpaired) electrons. The molecule has 0 bridgehead atoms. The van der Waals surface area contributed by atoms with Crippen LogP contribution in [-0.2, 0) is 6.42 Å². The van der Waals surface area contributed by atoms with Crippen molar-refractivity contribution in [1.29, 1.82) is 0 Å². The van der Waals surface area contributed by atoms with Crippen LogP contribution in [0.1, 0.15) is 12.7 Å². The molecular formula is C6H11N5. The summed E-state index contributed by atoms with van der Waals surface area (Å²) in [5, 5.41) is 6.44. The van der Waals surface area contributed by atoms with Gasteiger partial charge in [0.1, 0.15) is 12.2 Å². The molecule has 0 unspecified atom stereocenters. The number of aliphatic imine (C=N–C) groups is 1. The fourth-order valence-electron chi connectivity index (χ4n) is 0.689. The summed E-state index contributed by atoms with van der Waals surface area (Å²) in [5.74, 6) is 1.44. The molecule has 0 aliphatic rings. The number of nitrogens with zero attached hydrogens (tertiary/aromatic N) is 3. The molecule has 5 nitrogen and oxygen atoms in total. The molecule has 11 heavy (non-hydrogen) atoms. The van der Waals surface area contributed by atoms with Crippen LogP contribution >= 0.6 is 0 Å². The molecule has 60 valence electrons. The number of nitrogens with two attached hydrogens (primary N) is 1.